The molecule has 0 N–H and O–H groups in total. The van der Waals surface area contributed by atoms with E-state index >= 15 is 0 Å². The van der Waals surface area contributed by atoms with Gasteiger partial charge in [0.25, 0.3) is 0 Å². The fraction of sp³-hybridized carbons (Fsp3) is 0.111. The molecular weight excluding hydrogens is 568 g/mol. The third-order valence-corrected chi connectivity index (χ3v) is 7.93. The summed E-state index contributed by atoms with van der Waals surface area (Å²) in [5.41, 5.74) is 9.99. The number of benzene rings is 2. The fourth-order valence-electron chi connectivity index (χ4n) is 5.00. The molecule has 4 nitrogen and oxygen atoms in total. The van der Waals surface area contributed by atoms with Crippen molar-refractivity contribution in [2.75, 3.05) is 0 Å². The van der Waals surface area contributed by atoms with Gasteiger partial charge in [0.1, 0.15) is 0 Å². The summed E-state index contributed by atoms with van der Waals surface area (Å²) in [4.78, 5) is 4.11. The maximum Gasteiger partial charge on any atom is 0.173 e. The number of nitrogens with zero attached hydrogens (tertiary/aromatic N) is 4. The van der Waals surface area contributed by atoms with Crippen molar-refractivity contribution in [3.63, 3.8) is 0 Å². The molecule has 6 aromatic rings. The maximum absolute atomic E-state index is 4.11. The highest BCUT2D eigenvalue weighted by molar-refractivity contribution is 9.08. The molecule has 0 saturated carbocycles. The SMILES string of the molecule is BrCc1ccc(C[n+]2ccc(-c3cc[n+](Cc4cccc(C[n+]5ccc(-c6ccncc6)cc5)c4)cc3)cc2)cc1. The fourth-order valence-corrected chi connectivity index (χ4v) is 5.38. The second-order valence-electron chi connectivity index (χ2n) is 10.3. The lowest BCUT2D eigenvalue weighted by molar-refractivity contribution is -0.689. The Hall–Kier alpha value is -4.48. The Labute approximate surface area is 250 Å². The molecule has 2 aromatic carbocycles. The van der Waals surface area contributed by atoms with Crippen molar-refractivity contribution in [2.45, 2.75) is 25.0 Å². The molecule has 0 bridgehead atoms. The van der Waals surface area contributed by atoms with Crippen LogP contribution >= 0.6 is 15.9 Å². The summed E-state index contributed by atoms with van der Waals surface area (Å²) in [6.07, 6.45) is 16.6. The van der Waals surface area contributed by atoms with Crippen molar-refractivity contribution in [3.8, 4) is 22.3 Å². The highest BCUT2D eigenvalue weighted by atomic mass is 79.9. The summed E-state index contributed by atoms with van der Waals surface area (Å²) in [7, 11) is 0. The second-order valence-corrected chi connectivity index (χ2v) is 10.8. The minimum absolute atomic E-state index is 0.836. The van der Waals surface area contributed by atoms with Crippen LogP contribution in [0.4, 0.5) is 0 Å². The third kappa shape index (κ3) is 7.00. The monoisotopic (exact) mass is 599 g/mol. The number of pyridine rings is 4. The van der Waals surface area contributed by atoms with Gasteiger partial charge < -0.3 is 0 Å². The van der Waals surface area contributed by atoms with Crippen molar-refractivity contribution in [1.29, 1.82) is 0 Å². The minimum Gasteiger partial charge on any atom is -0.265 e. The number of hydrogen-bond donors (Lipinski definition) is 0. The zero-order chi connectivity index (χ0) is 27.9. The number of rotatable bonds is 9. The van der Waals surface area contributed by atoms with Crippen LogP contribution in [-0.4, -0.2) is 4.98 Å². The molecule has 5 heteroatoms. The van der Waals surface area contributed by atoms with Gasteiger partial charge in [0.15, 0.2) is 56.8 Å². The van der Waals surface area contributed by atoms with E-state index < -0.39 is 0 Å². The van der Waals surface area contributed by atoms with Crippen LogP contribution in [0.5, 0.6) is 0 Å². The van der Waals surface area contributed by atoms with E-state index in [0.717, 1.165) is 25.0 Å². The Kier molecular flexibility index (Phi) is 8.34. The first-order valence-electron chi connectivity index (χ1n) is 13.8. The number of halogens is 1. The molecule has 6 rings (SSSR count). The standard InChI is InChI=1S/C36H32BrN4/c37-25-29-4-6-30(7-5-29)26-39-18-12-35(13-19-39)36-14-22-41(23-15-36)28-32-3-1-2-31(24-32)27-40-20-10-34(11-21-40)33-8-16-38-17-9-33/h1-24H,25-28H2/q+3. The van der Waals surface area contributed by atoms with Gasteiger partial charge in [0, 0.05) is 70.8 Å². The average molecular weight is 601 g/mol. The van der Waals surface area contributed by atoms with Gasteiger partial charge in [-0.15, -0.1) is 0 Å². The number of aromatic nitrogens is 4. The van der Waals surface area contributed by atoms with Crippen molar-refractivity contribution in [2.24, 2.45) is 0 Å². The highest BCUT2D eigenvalue weighted by Crippen LogP contribution is 2.17. The summed E-state index contributed by atoms with van der Waals surface area (Å²) in [5.74, 6) is 0. The van der Waals surface area contributed by atoms with Crippen LogP contribution in [0.3, 0.4) is 0 Å². The smallest absolute Gasteiger partial charge is 0.173 e. The topological polar surface area (TPSA) is 24.5 Å². The van der Waals surface area contributed by atoms with E-state index in [1.165, 1.54) is 44.5 Å². The van der Waals surface area contributed by atoms with Crippen molar-refractivity contribution in [3.05, 3.63) is 169 Å². The van der Waals surface area contributed by atoms with Crippen LogP contribution in [0, 0.1) is 0 Å². The van der Waals surface area contributed by atoms with Crippen molar-refractivity contribution in [1.82, 2.24) is 4.98 Å². The van der Waals surface area contributed by atoms with Gasteiger partial charge in [-0.3, -0.25) is 4.98 Å². The molecule has 4 aromatic heterocycles. The summed E-state index contributed by atoms with van der Waals surface area (Å²) in [5, 5.41) is 0.890. The van der Waals surface area contributed by atoms with E-state index in [9.17, 15) is 0 Å². The third-order valence-electron chi connectivity index (χ3n) is 7.28. The molecule has 0 spiro atoms. The molecule has 4 heterocycles. The van der Waals surface area contributed by atoms with Crippen LogP contribution < -0.4 is 13.7 Å². The van der Waals surface area contributed by atoms with E-state index in [0.29, 0.717) is 0 Å². The van der Waals surface area contributed by atoms with E-state index in [2.05, 4.69) is 157 Å². The summed E-state index contributed by atoms with van der Waals surface area (Å²) >= 11 is 3.51. The predicted molar refractivity (Wildman–Crippen MR) is 165 cm³/mol. The molecule has 0 amide bonds. The Morgan fingerprint density at radius 1 is 0.439 bits per heavy atom. The van der Waals surface area contributed by atoms with Gasteiger partial charge >= 0.3 is 0 Å². The zero-order valence-electron chi connectivity index (χ0n) is 22.9. The molecular formula is C36H32BrN4+3. The van der Waals surface area contributed by atoms with Gasteiger partial charge in [0.2, 0.25) is 0 Å². The lowest BCUT2D eigenvalue weighted by Crippen LogP contribution is -2.34. The summed E-state index contributed by atoms with van der Waals surface area (Å²) in [6.45, 7) is 2.54. The van der Waals surface area contributed by atoms with Gasteiger partial charge in [-0.1, -0.05) is 58.4 Å². The van der Waals surface area contributed by atoms with E-state index in [1.807, 2.05) is 24.5 Å². The predicted octanol–water partition coefficient (Wildman–Crippen LogP) is 6.32. The number of alkyl halides is 1. The summed E-state index contributed by atoms with van der Waals surface area (Å²) < 4.78 is 6.67. The molecule has 0 fully saturated rings. The lowest BCUT2D eigenvalue weighted by atomic mass is 10.1. The average Bonchev–Trinajstić information content (AvgIpc) is 3.03. The second kappa shape index (κ2) is 12.8. The van der Waals surface area contributed by atoms with Crippen LogP contribution in [0.15, 0.2) is 147 Å². The largest absolute Gasteiger partial charge is 0.265 e. The van der Waals surface area contributed by atoms with Gasteiger partial charge in [-0.2, -0.15) is 0 Å². The Balaban J connectivity index is 1.07. The first-order valence-corrected chi connectivity index (χ1v) is 14.9. The highest BCUT2D eigenvalue weighted by Gasteiger charge is 2.10. The maximum atomic E-state index is 4.11. The van der Waals surface area contributed by atoms with Gasteiger partial charge in [-0.05, 0) is 46.0 Å². The van der Waals surface area contributed by atoms with Crippen LogP contribution in [-0.2, 0) is 25.0 Å². The summed E-state index contributed by atoms with van der Waals surface area (Å²) in [6, 6.07) is 34.8. The van der Waals surface area contributed by atoms with E-state index in [1.54, 1.807) is 0 Å². The Morgan fingerprint density at radius 3 is 1.27 bits per heavy atom. The molecule has 0 aliphatic heterocycles. The first kappa shape index (κ1) is 26.7. The van der Waals surface area contributed by atoms with Crippen LogP contribution in [0.25, 0.3) is 22.3 Å². The Bertz CT molecular complexity index is 1700. The van der Waals surface area contributed by atoms with Gasteiger partial charge in [-0.25, -0.2) is 13.7 Å². The van der Waals surface area contributed by atoms with Crippen molar-refractivity contribution < 1.29 is 13.7 Å². The molecule has 0 saturated heterocycles. The molecule has 0 aliphatic rings. The van der Waals surface area contributed by atoms with Gasteiger partial charge in [0.05, 0.1) is 0 Å². The Morgan fingerprint density at radius 2 is 0.829 bits per heavy atom. The molecule has 0 unspecified atom stereocenters. The van der Waals surface area contributed by atoms with Crippen LogP contribution in [0.2, 0.25) is 0 Å². The van der Waals surface area contributed by atoms with E-state index in [4.69, 9.17) is 0 Å². The van der Waals surface area contributed by atoms with E-state index in [-0.39, 0.29) is 0 Å². The zero-order valence-corrected chi connectivity index (χ0v) is 24.4. The van der Waals surface area contributed by atoms with Crippen molar-refractivity contribution >= 4 is 15.9 Å². The molecule has 200 valence electrons. The first-order chi connectivity index (χ1) is 20.2. The molecule has 0 aliphatic carbocycles. The lowest BCUT2D eigenvalue weighted by Gasteiger charge is -2.04. The molecule has 0 radical (unpaired) electrons. The normalized spacial score (nSPS) is 11.0. The number of hydrogen-bond acceptors (Lipinski definition) is 1. The quantitative estimate of drug-likeness (QED) is 0.141. The molecule has 0 atom stereocenters. The van der Waals surface area contributed by atoms with Crippen LogP contribution in [0.1, 0.15) is 22.3 Å². The molecule has 41 heavy (non-hydrogen) atoms. The minimum atomic E-state index is 0.836.